The molecule has 0 aromatic carbocycles. The van der Waals surface area contributed by atoms with Gasteiger partial charge in [-0.3, -0.25) is 14.6 Å². The lowest BCUT2D eigenvalue weighted by Gasteiger charge is -2.51. The van der Waals surface area contributed by atoms with Gasteiger partial charge in [0.1, 0.15) is 6.61 Å². The van der Waals surface area contributed by atoms with Crippen molar-refractivity contribution in [3.63, 3.8) is 0 Å². The van der Waals surface area contributed by atoms with Crippen molar-refractivity contribution in [2.75, 3.05) is 24.6 Å². The molecule has 1 atom stereocenters. The van der Waals surface area contributed by atoms with E-state index in [-0.39, 0.29) is 30.1 Å². The summed E-state index contributed by atoms with van der Waals surface area (Å²) < 4.78 is 6.05. The number of piperidine rings is 1. The van der Waals surface area contributed by atoms with Gasteiger partial charge < -0.3 is 14.5 Å². The van der Waals surface area contributed by atoms with Crippen molar-refractivity contribution in [2.45, 2.75) is 50.7 Å². The molecule has 6 nitrogen and oxygen atoms in total. The fraction of sp³-hybridized carbons (Fsp3) is 0.632. The summed E-state index contributed by atoms with van der Waals surface area (Å²) in [7, 11) is 0. The Morgan fingerprint density at radius 2 is 2.12 bits per heavy atom. The zero-order valence-corrected chi connectivity index (χ0v) is 14.7. The molecule has 3 heterocycles. The molecule has 0 radical (unpaired) electrons. The van der Waals surface area contributed by atoms with Crippen LogP contribution in [0, 0.1) is 5.92 Å². The van der Waals surface area contributed by atoms with Crippen LogP contribution in [0.4, 0.5) is 5.69 Å². The molecular formula is C19H25N3O3. The second-order valence-electron chi connectivity index (χ2n) is 7.53. The van der Waals surface area contributed by atoms with Gasteiger partial charge in [0.15, 0.2) is 0 Å². The van der Waals surface area contributed by atoms with Crippen LogP contribution in [0.3, 0.4) is 0 Å². The van der Waals surface area contributed by atoms with Gasteiger partial charge >= 0.3 is 0 Å². The van der Waals surface area contributed by atoms with Crippen LogP contribution in [0.15, 0.2) is 24.5 Å². The minimum Gasteiger partial charge on any atom is -0.363 e. The van der Waals surface area contributed by atoms with E-state index in [2.05, 4.69) is 4.98 Å². The molecule has 2 amide bonds. The number of carbonyl (C=O) groups excluding carboxylic acids is 2. The average molecular weight is 343 g/mol. The van der Waals surface area contributed by atoms with Crippen LogP contribution in [-0.2, 0) is 14.3 Å². The molecular weight excluding hydrogens is 318 g/mol. The standard InChI is InChI=1S/C19H25N3O3/c1-14-19(6-9-21(10-7-19)17(23)11-15-4-5-15)25-13-18(24)22(14)16-3-2-8-20-12-16/h2-3,8,12,14-15H,4-7,9-11,13H2,1H3/t14-/m1/s1. The molecule has 4 rings (SSSR count). The van der Waals surface area contributed by atoms with Crippen molar-refractivity contribution >= 4 is 17.5 Å². The van der Waals surface area contributed by atoms with E-state index in [0.717, 1.165) is 18.5 Å². The third kappa shape index (κ3) is 3.15. The highest BCUT2D eigenvalue weighted by molar-refractivity contribution is 5.95. The van der Waals surface area contributed by atoms with Crippen LogP contribution in [0.1, 0.15) is 39.0 Å². The van der Waals surface area contributed by atoms with E-state index < -0.39 is 0 Å². The molecule has 0 bridgehead atoms. The van der Waals surface area contributed by atoms with E-state index in [1.807, 2.05) is 28.9 Å². The van der Waals surface area contributed by atoms with Crippen molar-refractivity contribution in [1.82, 2.24) is 9.88 Å². The highest BCUT2D eigenvalue weighted by atomic mass is 16.5. The molecule has 1 aromatic heterocycles. The van der Waals surface area contributed by atoms with Gasteiger partial charge in [0.05, 0.1) is 23.5 Å². The van der Waals surface area contributed by atoms with Gasteiger partial charge in [-0.2, -0.15) is 0 Å². The maximum absolute atomic E-state index is 12.4. The lowest BCUT2D eigenvalue weighted by atomic mass is 9.82. The number of nitrogens with zero attached hydrogens (tertiary/aromatic N) is 3. The van der Waals surface area contributed by atoms with Crippen LogP contribution >= 0.6 is 0 Å². The predicted octanol–water partition coefficient (Wildman–Crippen LogP) is 1.99. The van der Waals surface area contributed by atoms with Gasteiger partial charge in [0, 0.05) is 25.7 Å². The SMILES string of the molecule is C[C@H]1N(c2cccnc2)C(=O)COC12CCN(C(=O)CC1CC1)CC2. The molecule has 1 saturated carbocycles. The maximum atomic E-state index is 12.4. The number of amides is 2. The van der Waals surface area contributed by atoms with Crippen molar-refractivity contribution in [3.8, 4) is 0 Å². The summed E-state index contributed by atoms with van der Waals surface area (Å²) in [4.78, 5) is 32.7. The molecule has 134 valence electrons. The Kier molecular flexibility index (Phi) is 4.23. The van der Waals surface area contributed by atoms with Crippen LogP contribution < -0.4 is 4.90 Å². The summed E-state index contributed by atoms with van der Waals surface area (Å²) in [6.07, 6.45) is 8.07. The van der Waals surface area contributed by atoms with Gasteiger partial charge in [-0.25, -0.2) is 0 Å². The second-order valence-corrected chi connectivity index (χ2v) is 7.53. The number of hydrogen-bond acceptors (Lipinski definition) is 4. The molecule has 3 fully saturated rings. The number of ether oxygens (including phenoxy) is 1. The van der Waals surface area contributed by atoms with Crippen LogP contribution in [0.2, 0.25) is 0 Å². The Hall–Kier alpha value is -1.95. The van der Waals surface area contributed by atoms with Gasteiger partial charge in [0.25, 0.3) is 5.91 Å². The number of rotatable bonds is 3. The summed E-state index contributed by atoms with van der Waals surface area (Å²) in [6.45, 7) is 3.57. The fourth-order valence-corrected chi connectivity index (χ4v) is 4.11. The minimum atomic E-state index is -0.375. The number of carbonyl (C=O) groups is 2. The summed E-state index contributed by atoms with van der Waals surface area (Å²) >= 11 is 0. The zero-order valence-electron chi connectivity index (χ0n) is 14.7. The van der Waals surface area contributed by atoms with E-state index in [4.69, 9.17) is 4.74 Å². The minimum absolute atomic E-state index is 0.0293. The molecule has 0 N–H and O–H groups in total. The Balaban J connectivity index is 1.46. The highest BCUT2D eigenvalue weighted by Crippen LogP contribution is 2.38. The molecule has 1 spiro atoms. The van der Waals surface area contributed by atoms with Gasteiger partial charge in [-0.05, 0) is 50.7 Å². The number of morpholine rings is 1. The molecule has 2 aliphatic heterocycles. The smallest absolute Gasteiger partial charge is 0.253 e. The quantitative estimate of drug-likeness (QED) is 0.842. The summed E-state index contributed by atoms with van der Waals surface area (Å²) in [6, 6.07) is 3.68. The topological polar surface area (TPSA) is 62.7 Å². The van der Waals surface area contributed by atoms with E-state index in [0.29, 0.717) is 25.4 Å². The number of likely N-dealkylation sites (tertiary alicyclic amines) is 1. The van der Waals surface area contributed by atoms with Crippen molar-refractivity contribution in [2.24, 2.45) is 5.92 Å². The first-order chi connectivity index (χ1) is 12.1. The van der Waals surface area contributed by atoms with Crippen LogP contribution in [-0.4, -0.2) is 53.0 Å². The largest absolute Gasteiger partial charge is 0.363 e. The Labute approximate surface area is 148 Å². The predicted molar refractivity (Wildman–Crippen MR) is 93.0 cm³/mol. The highest BCUT2D eigenvalue weighted by Gasteiger charge is 2.49. The normalized spacial score (nSPS) is 26.1. The van der Waals surface area contributed by atoms with Crippen molar-refractivity contribution in [3.05, 3.63) is 24.5 Å². The number of pyridine rings is 1. The third-order valence-electron chi connectivity index (χ3n) is 5.95. The molecule has 0 unspecified atom stereocenters. The summed E-state index contributed by atoms with van der Waals surface area (Å²) in [5.41, 5.74) is 0.440. The first-order valence-corrected chi connectivity index (χ1v) is 9.23. The van der Waals surface area contributed by atoms with Crippen LogP contribution in [0.5, 0.6) is 0 Å². The van der Waals surface area contributed by atoms with Gasteiger partial charge in [0.2, 0.25) is 5.91 Å². The molecule has 3 aliphatic rings. The number of aromatic nitrogens is 1. The average Bonchev–Trinajstić information content (AvgIpc) is 3.44. The fourth-order valence-electron chi connectivity index (χ4n) is 4.11. The molecule has 6 heteroatoms. The zero-order chi connectivity index (χ0) is 17.4. The lowest BCUT2D eigenvalue weighted by Crippen LogP contribution is -2.64. The lowest BCUT2D eigenvalue weighted by molar-refractivity contribution is -0.157. The van der Waals surface area contributed by atoms with E-state index in [1.165, 1.54) is 12.8 Å². The first-order valence-electron chi connectivity index (χ1n) is 9.23. The Bertz CT molecular complexity index is 651. The maximum Gasteiger partial charge on any atom is 0.253 e. The van der Waals surface area contributed by atoms with Crippen molar-refractivity contribution < 1.29 is 14.3 Å². The molecule has 1 aliphatic carbocycles. The second kappa shape index (κ2) is 6.41. The van der Waals surface area contributed by atoms with E-state index in [1.54, 1.807) is 12.4 Å². The monoisotopic (exact) mass is 343 g/mol. The Morgan fingerprint density at radius 3 is 2.76 bits per heavy atom. The first kappa shape index (κ1) is 16.5. The molecule has 2 saturated heterocycles. The number of hydrogen-bond donors (Lipinski definition) is 0. The van der Waals surface area contributed by atoms with Gasteiger partial charge in [-0.1, -0.05) is 0 Å². The van der Waals surface area contributed by atoms with Gasteiger partial charge in [-0.15, -0.1) is 0 Å². The van der Waals surface area contributed by atoms with Crippen molar-refractivity contribution in [1.29, 1.82) is 0 Å². The molecule has 25 heavy (non-hydrogen) atoms. The number of anilines is 1. The third-order valence-corrected chi connectivity index (χ3v) is 5.95. The summed E-state index contributed by atoms with van der Waals surface area (Å²) in [5, 5.41) is 0. The van der Waals surface area contributed by atoms with Crippen LogP contribution in [0.25, 0.3) is 0 Å². The van der Waals surface area contributed by atoms with E-state index in [9.17, 15) is 9.59 Å². The summed E-state index contributed by atoms with van der Waals surface area (Å²) in [5.74, 6) is 0.867. The molecule has 1 aromatic rings. The van der Waals surface area contributed by atoms with E-state index >= 15 is 0 Å². The Morgan fingerprint density at radius 1 is 1.36 bits per heavy atom.